The molecule has 0 aliphatic carbocycles. The molecule has 2 N–H and O–H groups in total. The number of ether oxygens (including phenoxy) is 2. The summed E-state index contributed by atoms with van der Waals surface area (Å²) in [6.45, 7) is 4.24. The molecule has 22 heavy (non-hydrogen) atoms. The van der Waals surface area contributed by atoms with Gasteiger partial charge in [0.2, 0.25) is 0 Å². The fourth-order valence-electron chi connectivity index (χ4n) is 1.96. The Morgan fingerprint density at radius 3 is 2.59 bits per heavy atom. The van der Waals surface area contributed by atoms with Crippen LogP contribution in [0.1, 0.15) is 23.5 Å². The molecule has 1 atom stereocenters. The molecular weight excluding hydrogens is 286 g/mol. The number of amides is 1. The lowest BCUT2D eigenvalue weighted by atomic mass is 9.95. The summed E-state index contributed by atoms with van der Waals surface area (Å²) in [5, 5.41) is 11.6. The Kier molecular flexibility index (Phi) is 7.70. The van der Waals surface area contributed by atoms with E-state index >= 15 is 0 Å². The second kappa shape index (κ2) is 9.57. The molecule has 1 rings (SSSR count). The van der Waals surface area contributed by atoms with Crippen LogP contribution < -0.4 is 5.32 Å². The summed E-state index contributed by atoms with van der Waals surface area (Å²) in [5.74, 6) is -1.25. The van der Waals surface area contributed by atoms with E-state index in [1.54, 1.807) is 7.11 Å². The maximum Gasteiger partial charge on any atom is 0.407 e. The van der Waals surface area contributed by atoms with Gasteiger partial charge in [-0.1, -0.05) is 36.9 Å². The van der Waals surface area contributed by atoms with Gasteiger partial charge in [-0.2, -0.15) is 0 Å². The van der Waals surface area contributed by atoms with Gasteiger partial charge in [-0.05, 0) is 11.1 Å². The van der Waals surface area contributed by atoms with E-state index in [0.717, 1.165) is 11.1 Å². The maximum absolute atomic E-state index is 11.4. The highest BCUT2D eigenvalue weighted by Gasteiger charge is 2.17. The number of carboxylic acid groups (broad SMARTS) is 1. The second-order valence-corrected chi connectivity index (χ2v) is 4.74. The average molecular weight is 307 g/mol. The van der Waals surface area contributed by atoms with Gasteiger partial charge in [0, 0.05) is 19.6 Å². The molecule has 0 heterocycles. The summed E-state index contributed by atoms with van der Waals surface area (Å²) in [7, 11) is 1.61. The molecule has 6 nitrogen and oxygen atoms in total. The molecule has 0 aromatic heterocycles. The first-order valence-electron chi connectivity index (χ1n) is 6.88. The van der Waals surface area contributed by atoms with Gasteiger partial charge in [-0.3, -0.25) is 4.79 Å². The lowest BCUT2D eigenvalue weighted by Crippen LogP contribution is -2.30. The first kappa shape index (κ1) is 17.7. The Labute approximate surface area is 129 Å². The lowest BCUT2D eigenvalue weighted by molar-refractivity contribution is -0.137. The number of carbonyl (C=O) groups is 2. The van der Waals surface area contributed by atoms with Gasteiger partial charge in [0.15, 0.2) is 0 Å². The molecule has 6 heteroatoms. The van der Waals surface area contributed by atoms with E-state index < -0.39 is 12.1 Å². The van der Waals surface area contributed by atoms with Crippen LogP contribution in [0.2, 0.25) is 0 Å². The molecule has 0 aliphatic rings. The van der Waals surface area contributed by atoms with Crippen molar-refractivity contribution >= 4 is 12.1 Å². The van der Waals surface area contributed by atoms with Gasteiger partial charge in [-0.15, -0.1) is 0 Å². The first-order chi connectivity index (χ1) is 10.6. The smallest absolute Gasteiger partial charge is 0.407 e. The molecule has 120 valence electrons. The van der Waals surface area contributed by atoms with Crippen LogP contribution in [-0.2, 0) is 20.9 Å². The highest BCUT2D eigenvalue weighted by atomic mass is 16.5. The number of methoxy groups -OCH3 is 1. The third kappa shape index (κ3) is 6.41. The minimum Gasteiger partial charge on any atom is -0.481 e. The molecule has 0 radical (unpaired) electrons. The van der Waals surface area contributed by atoms with Crippen molar-refractivity contribution < 1.29 is 24.2 Å². The van der Waals surface area contributed by atoms with Crippen molar-refractivity contribution in [2.75, 3.05) is 20.3 Å². The molecule has 1 aromatic rings. The predicted molar refractivity (Wildman–Crippen MR) is 81.7 cm³/mol. The highest BCUT2D eigenvalue weighted by Crippen LogP contribution is 2.20. The Morgan fingerprint density at radius 2 is 2.05 bits per heavy atom. The number of hydrogen-bond donors (Lipinski definition) is 2. The Bertz CT molecular complexity index is 498. The Balaban J connectivity index is 2.68. The third-order valence-corrected chi connectivity index (χ3v) is 3.01. The number of benzene rings is 1. The van der Waals surface area contributed by atoms with Gasteiger partial charge in [0.25, 0.3) is 0 Å². The van der Waals surface area contributed by atoms with Crippen LogP contribution in [-0.4, -0.2) is 37.4 Å². The third-order valence-electron chi connectivity index (χ3n) is 3.01. The van der Waals surface area contributed by atoms with Crippen LogP contribution in [0, 0.1) is 0 Å². The van der Waals surface area contributed by atoms with E-state index in [9.17, 15) is 9.59 Å². The van der Waals surface area contributed by atoms with Crippen molar-refractivity contribution in [2.45, 2.75) is 18.9 Å². The summed E-state index contributed by atoms with van der Waals surface area (Å²) >= 11 is 0. The average Bonchev–Trinajstić information content (AvgIpc) is 2.50. The SMILES string of the molecule is C=CCOC(=O)NCC(CC(=O)O)c1ccc(COC)cc1. The van der Waals surface area contributed by atoms with Crippen LogP contribution in [0.15, 0.2) is 36.9 Å². The molecule has 0 spiro atoms. The van der Waals surface area contributed by atoms with Crippen molar-refractivity contribution in [2.24, 2.45) is 0 Å². The van der Waals surface area contributed by atoms with Gasteiger partial charge in [-0.25, -0.2) is 4.79 Å². The molecule has 0 aliphatic heterocycles. The number of carbonyl (C=O) groups excluding carboxylic acids is 1. The number of alkyl carbamates (subject to hydrolysis) is 1. The zero-order valence-electron chi connectivity index (χ0n) is 12.6. The normalized spacial score (nSPS) is 11.5. The van der Waals surface area contributed by atoms with E-state index in [0.29, 0.717) is 6.61 Å². The van der Waals surface area contributed by atoms with E-state index in [4.69, 9.17) is 14.6 Å². The van der Waals surface area contributed by atoms with Crippen molar-refractivity contribution in [3.8, 4) is 0 Å². The first-order valence-corrected chi connectivity index (χ1v) is 6.88. The minimum atomic E-state index is -0.924. The maximum atomic E-state index is 11.4. The summed E-state index contributed by atoms with van der Waals surface area (Å²) < 4.78 is 9.83. The van der Waals surface area contributed by atoms with Gasteiger partial charge in [0.1, 0.15) is 6.61 Å². The molecule has 0 bridgehead atoms. The lowest BCUT2D eigenvalue weighted by Gasteiger charge is -2.16. The largest absolute Gasteiger partial charge is 0.481 e. The van der Waals surface area contributed by atoms with Crippen molar-refractivity contribution in [1.29, 1.82) is 0 Å². The van der Waals surface area contributed by atoms with Gasteiger partial charge >= 0.3 is 12.1 Å². The standard InChI is InChI=1S/C16H21NO5/c1-3-8-22-16(20)17-10-14(9-15(18)19)13-6-4-12(5-7-13)11-21-2/h3-7,14H,1,8-11H2,2H3,(H,17,20)(H,18,19). The van der Waals surface area contributed by atoms with Crippen LogP contribution in [0.4, 0.5) is 4.79 Å². The van der Waals surface area contributed by atoms with Crippen LogP contribution >= 0.6 is 0 Å². The van der Waals surface area contributed by atoms with Crippen LogP contribution in [0.25, 0.3) is 0 Å². The topological polar surface area (TPSA) is 84.9 Å². The monoisotopic (exact) mass is 307 g/mol. The van der Waals surface area contributed by atoms with Crippen LogP contribution in [0.5, 0.6) is 0 Å². The molecule has 0 saturated heterocycles. The summed E-state index contributed by atoms with van der Waals surface area (Å²) in [5.41, 5.74) is 1.84. The number of carboxylic acids is 1. The van der Waals surface area contributed by atoms with E-state index in [-0.39, 0.29) is 25.5 Å². The molecular formula is C16H21NO5. The summed E-state index contributed by atoms with van der Waals surface area (Å²) in [4.78, 5) is 22.4. The Hall–Kier alpha value is -2.34. The predicted octanol–water partition coefficient (Wildman–Crippen LogP) is 2.30. The summed E-state index contributed by atoms with van der Waals surface area (Å²) in [6, 6.07) is 7.45. The van der Waals surface area contributed by atoms with Crippen molar-refractivity contribution in [3.05, 3.63) is 48.0 Å². The molecule has 1 aromatic carbocycles. The molecule has 0 saturated carbocycles. The number of aliphatic carboxylic acids is 1. The fraction of sp³-hybridized carbons (Fsp3) is 0.375. The second-order valence-electron chi connectivity index (χ2n) is 4.74. The van der Waals surface area contributed by atoms with E-state index in [1.807, 2.05) is 24.3 Å². The molecule has 1 unspecified atom stereocenters. The Morgan fingerprint density at radius 1 is 1.36 bits per heavy atom. The van der Waals surface area contributed by atoms with Crippen LogP contribution in [0.3, 0.4) is 0 Å². The number of nitrogens with one attached hydrogen (secondary N) is 1. The van der Waals surface area contributed by atoms with Crippen molar-refractivity contribution in [3.63, 3.8) is 0 Å². The quantitative estimate of drug-likeness (QED) is 0.684. The molecule has 1 amide bonds. The number of rotatable bonds is 9. The zero-order valence-corrected chi connectivity index (χ0v) is 12.6. The van der Waals surface area contributed by atoms with Gasteiger partial charge < -0.3 is 19.9 Å². The minimum absolute atomic E-state index is 0.0780. The van der Waals surface area contributed by atoms with Crippen molar-refractivity contribution in [1.82, 2.24) is 5.32 Å². The molecule has 0 fully saturated rings. The number of hydrogen-bond acceptors (Lipinski definition) is 4. The summed E-state index contributed by atoms with van der Waals surface area (Å²) in [6.07, 6.45) is 0.792. The van der Waals surface area contributed by atoms with Gasteiger partial charge in [0.05, 0.1) is 13.0 Å². The fourth-order valence-corrected chi connectivity index (χ4v) is 1.96. The van der Waals surface area contributed by atoms with E-state index in [1.165, 1.54) is 6.08 Å². The van der Waals surface area contributed by atoms with E-state index in [2.05, 4.69) is 11.9 Å². The zero-order chi connectivity index (χ0) is 16.4. The highest BCUT2D eigenvalue weighted by molar-refractivity contribution is 5.69.